The monoisotopic (exact) mass is 433 g/mol. The second-order valence-corrected chi connectivity index (χ2v) is 7.55. The van der Waals surface area contributed by atoms with Crippen molar-refractivity contribution in [2.45, 2.75) is 19.0 Å². The molecule has 30 heavy (non-hydrogen) atoms. The molecule has 0 aliphatic rings. The standard InChI is InChI=1S/C22H17F3O4S/c23-22(24,25)16-6-4-15(5-7-16)19-11-12-20(30-19)18(26)10-3-14-1-8-17(9-2-14)29-13-21(27)28/h1-2,4-9,11-12H,3,10,13H2,(H,27,28)/p-1. The van der Waals surface area contributed by atoms with Gasteiger partial charge >= 0.3 is 6.18 Å². The fraction of sp³-hybridized carbons (Fsp3) is 0.182. The highest BCUT2D eigenvalue weighted by atomic mass is 32.1. The van der Waals surface area contributed by atoms with Crippen LogP contribution in [0.3, 0.4) is 0 Å². The summed E-state index contributed by atoms with van der Waals surface area (Å²) >= 11 is 1.24. The maximum atomic E-state index is 12.7. The predicted octanol–water partition coefficient (Wildman–Crippen LogP) is 4.38. The van der Waals surface area contributed by atoms with E-state index in [1.807, 2.05) is 0 Å². The molecule has 3 rings (SSSR count). The Morgan fingerprint density at radius 1 is 0.933 bits per heavy atom. The van der Waals surface area contributed by atoms with Crippen molar-refractivity contribution >= 4 is 23.1 Å². The summed E-state index contributed by atoms with van der Waals surface area (Å²) in [5, 5.41) is 10.4. The second-order valence-electron chi connectivity index (χ2n) is 6.47. The van der Waals surface area contributed by atoms with E-state index in [9.17, 15) is 27.9 Å². The molecule has 0 fully saturated rings. The molecule has 8 heteroatoms. The van der Waals surface area contributed by atoms with Gasteiger partial charge in [-0.3, -0.25) is 4.79 Å². The number of benzene rings is 2. The quantitative estimate of drug-likeness (QED) is 0.495. The molecule has 0 bridgehead atoms. The van der Waals surface area contributed by atoms with Crippen molar-refractivity contribution < 1.29 is 32.6 Å². The van der Waals surface area contributed by atoms with Crippen molar-refractivity contribution in [3.63, 3.8) is 0 Å². The average molecular weight is 433 g/mol. The Kier molecular flexibility index (Phi) is 6.56. The number of hydrogen-bond acceptors (Lipinski definition) is 5. The minimum absolute atomic E-state index is 0.0598. The molecular weight excluding hydrogens is 417 g/mol. The molecular formula is C22H16F3O4S-. The molecule has 0 spiro atoms. The number of aliphatic carboxylic acids is 1. The molecule has 1 heterocycles. The van der Waals surface area contributed by atoms with Crippen LogP contribution in [-0.2, 0) is 17.4 Å². The summed E-state index contributed by atoms with van der Waals surface area (Å²) in [7, 11) is 0. The van der Waals surface area contributed by atoms with Gasteiger partial charge in [0.05, 0.1) is 16.4 Å². The van der Waals surface area contributed by atoms with Gasteiger partial charge in [0.25, 0.3) is 0 Å². The Morgan fingerprint density at radius 2 is 1.60 bits per heavy atom. The summed E-state index contributed by atoms with van der Waals surface area (Å²) in [6.45, 7) is -0.530. The van der Waals surface area contributed by atoms with E-state index in [0.717, 1.165) is 22.6 Å². The van der Waals surface area contributed by atoms with E-state index >= 15 is 0 Å². The lowest BCUT2D eigenvalue weighted by atomic mass is 10.1. The van der Waals surface area contributed by atoms with Crippen LogP contribution in [0.4, 0.5) is 13.2 Å². The second kappa shape index (κ2) is 9.13. The van der Waals surface area contributed by atoms with Crippen molar-refractivity contribution in [3.8, 4) is 16.2 Å². The molecule has 0 atom stereocenters. The van der Waals surface area contributed by atoms with Crippen LogP contribution < -0.4 is 9.84 Å². The first-order valence-electron chi connectivity index (χ1n) is 8.94. The maximum Gasteiger partial charge on any atom is 0.416 e. The van der Waals surface area contributed by atoms with Gasteiger partial charge in [-0.25, -0.2) is 0 Å². The number of hydrogen-bond donors (Lipinski definition) is 0. The number of aryl methyl sites for hydroxylation is 1. The van der Waals surface area contributed by atoms with Crippen LogP contribution in [-0.4, -0.2) is 18.4 Å². The summed E-state index contributed by atoms with van der Waals surface area (Å²) in [5.74, 6) is -0.972. The smallest absolute Gasteiger partial charge is 0.416 e. The highest BCUT2D eigenvalue weighted by Gasteiger charge is 2.30. The number of alkyl halides is 3. The van der Waals surface area contributed by atoms with Crippen molar-refractivity contribution in [1.82, 2.24) is 0 Å². The number of carbonyl (C=O) groups excluding carboxylic acids is 2. The summed E-state index contributed by atoms with van der Waals surface area (Å²) in [6.07, 6.45) is -3.62. The minimum atomic E-state index is -4.38. The van der Waals surface area contributed by atoms with E-state index in [1.165, 1.54) is 23.5 Å². The molecule has 0 aliphatic heterocycles. The number of ketones is 1. The number of carbonyl (C=O) groups is 2. The lowest BCUT2D eigenvalue weighted by Crippen LogP contribution is -2.28. The van der Waals surface area contributed by atoms with Gasteiger partial charge in [-0.15, -0.1) is 11.3 Å². The number of carboxylic acids is 1. The van der Waals surface area contributed by atoms with Crippen LogP contribution in [0.1, 0.15) is 27.2 Å². The average Bonchev–Trinajstić information content (AvgIpc) is 3.21. The van der Waals surface area contributed by atoms with Gasteiger partial charge in [-0.2, -0.15) is 13.2 Å². The van der Waals surface area contributed by atoms with Crippen molar-refractivity contribution in [2.24, 2.45) is 0 Å². The Balaban J connectivity index is 1.58. The largest absolute Gasteiger partial charge is 0.546 e. The van der Waals surface area contributed by atoms with E-state index in [-0.39, 0.29) is 12.2 Å². The molecule has 0 amide bonds. The molecule has 0 unspecified atom stereocenters. The van der Waals surface area contributed by atoms with Crippen LogP contribution in [0.5, 0.6) is 5.75 Å². The fourth-order valence-electron chi connectivity index (χ4n) is 2.74. The van der Waals surface area contributed by atoms with E-state index in [0.29, 0.717) is 22.6 Å². The van der Waals surface area contributed by atoms with Crippen LogP contribution in [0.15, 0.2) is 60.7 Å². The third kappa shape index (κ3) is 5.70. The Bertz CT molecular complexity index is 1020. The number of thiophene rings is 1. The topological polar surface area (TPSA) is 66.4 Å². The number of rotatable bonds is 8. The van der Waals surface area contributed by atoms with E-state index in [4.69, 9.17) is 4.74 Å². The fourth-order valence-corrected chi connectivity index (χ4v) is 3.72. The Hall–Kier alpha value is -3.13. The third-order valence-electron chi connectivity index (χ3n) is 4.30. The zero-order valence-electron chi connectivity index (χ0n) is 15.6. The number of ether oxygens (including phenoxy) is 1. The normalized spacial score (nSPS) is 11.3. The highest BCUT2D eigenvalue weighted by Crippen LogP contribution is 2.33. The minimum Gasteiger partial charge on any atom is -0.546 e. The SMILES string of the molecule is O=C([O-])COc1ccc(CCC(=O)c2ccc(-c3ccc(C(F)(F)F)cc3)s2)cc1. The molecule has 0 saturated heterocycles. The van der Waals surface area contributed by atoms with Gasteiger partial charge in [0.1, 0.15) is 12.4 Å². The van der Waals surface area contributed by atoms with Crippen LogP contribution >= 0.6 is 11.3 Å². The molecule has 0 N–H and O–H groups in total. The zero-order chi connectivity index (χ0) is 21.7. The number of carboxylic acid groups (broad SMARTS) is 1. The van der Waals surface area contributed by atoms with Gasteiger partial charge < -0.3 is 14.6 Å². The van der Waals surface area contributed by atoms with Gasteiger partial charge in [0.15, 0.2) is 5.78 Å². The molecule has 2 aromatic carbocycles. The van der Waals surface area contributed by atoms with Gasteiger partial charge in [-0.05, 0) is 53.9 Å². The van der Waals surface area contributed by atoms with Crippen molar-refractivity contribution in [1.29, 1.82) is 0 Å². The van der Waals surface area contributed by atoms with E-state index in [2.05, 4.69) is 0 Å². The summed E-state index contributed by atoms with van der Waals surface area (Å²) in [6, 6.07) is 15.0. The summed E-state index contributed by atoms with van der Waals surface area (Å²) in [5.41, 5.74) is 0.804. The van der Waals surface area contributed by atoms with E-state index < -0.39 is 24.3 Å². The number of halogens is 3. The number of Topliss-reactive ketones (excluding diaryl/α,β-unsaturated/α-hetero) is 1. The molecule has 0 aliphatic carbocycles. The van der Waals surface area contributed by atoms with Crippen LogP contribution in [0, 0.1) is 0 Å². The van der Waals surface area contributed by atoms with Crippen molar-refractivity contribution in [2.75, 3.05) is 6.61 Å². The maximum absolute atomic E-state index is 12.7. The van der Waals surface area contributed by atoms with Gasteiger partial charge in [-0.1, -0.05) is 24.3 Å². The zero-order valence-corrected chi connectivity index (χ0v) is 16.4. The third-order valence-corrected chi connectivity index (χ3v) is 5.47. The Labute approximate surface area is 174 Å². The van der Waals surface area contributed by atoms with Gasteiger partial charge in [0, 0.05) is 11.3 Å². The lowest BCUT2D eigenvalue weighted by Gasteiger charge is -2.07. The Morgan fingerprint density at radius 3 is 2.20 bits per heavy atom. The van der Waals surface area contributed by atoms with Crippen molar-refractivity contribution in [3.05, 3.63) is 76.7 Å². The van der Waals surface area contributed by atoms with Crippen LogP contribution in [0.25, 0.3) is 10.4 Å². The first kappa shape index (κ1) is 21.6. The van der Waals surface area contributed by atoms with E-state index in [1.54, 1.807) is 36.4 Å². The first-order chi connectivity index (χ1) is 14.2. The molecule has 3 aromatic rings. The molecule has 0 saturated carbocycles. The first-order valence-corrected chi connectivity index (χ1v) is 9.76. The van der Waals surface area contributed by atoms with Gasteiger partial charge in [0.2, 0.25) is 0 Å². The summed E-state index contributed by atoms with van der Waals surface area (Å²) < 4.78 is 43.0. The predicted molar refractivity (Wildman–Crippen MR) is 104 cm³/mol. The molecule has 4 nitrogen and oxygen atoms in total. The highest BCUT2D eigenvalue weighted by molar-refractivity contribution is 7.17. The lowest BCUT2D eigenvalue weighted by molar-refractivity contribution is -0.307. The molecule has 0 radical (unpaired) electrons. The summed E-state index contributed by atoms with van der Waals surface area (Å²) in [4.78, 5) is 24.1. The molecule has 1 aromatic heterocycles. The van der Waals surface area contributed by atoms with Crippen LogP contribution in [0.2, 0.25) is 0 Å². The molecule has 156 valence electrons.